The van der Waals surface area contributed by atoms with E-state index >= 15 is 0 Å². The molecule has 0 aliphatic carbocycles. The van der Waals surface area contributed by atoms with Gasteiger partial charge in [0, 0.05) is 30.8 Å². The molecular formula is C23H20ClN3O2. The Morgan fingerprint density at radius 2 is 1.83 bits per heavy atom. The van der Waals surface area contributed by atoms with Crippen LogP contribution in [-0.2, 0) is 11.2 Å². The molecular weight excluding hydrogens is 386 g/mol. The van der Waals surface area contributed by atoms with Gasteiger partial charge in [-0.25, -0.2) is 9.97 Å². The molecule has 3 heterocycles. The molecule has 6 heteroatoms. The average molecular weight is 406 g/mol. The fourth-order valence-corrected chi connectivity index (χ4v) is 4.26. The molecule has 0 spiro atoms. The normalized spacial score (nSPS) is 15.2. The number of hydrogen-bond donors (Lipinski definition) is 0. The molecule has 4 aromatic rings. The molecule has 1 saturated heterocycles. The number of aromatic nitrogens is 3. The van der Waals surface area contributed by atoms with Crippen molar-refractivity contribution in [2.75, 3.05) is 13.2 Å². The number of pyridine rings is 1. The lowest BCUT2D eigenvalue weighted by Gasteiger charge is -2.24. The molecule has 1 aliphatic rings. The van der Waals surface area contributed by atoms with Gasteiger partial charge >= 0.3 is 0 Å². The third-order valence-electron chi connectivity index (χ3n) is 5.65. The van der Waals surface area contributed by atoms with Gasteiger partial charge in [-0.2, -0.15) is 0 Å². The minimum absolute atomic E-state index is 0.0168. The number of ether oxygens (including phenoxy) is 1. The summed E-state index contributed by atoms with van der Waals surface area (Å²) in [4.78, 5) is 22.3. The standard InChI is InChI=1S/C23H20ClN3O2/c24-21-6-5-15(13-25-21)11-16-12-20-22(19-4-2-1-3-18(16)19)26-14-27(23(20)28)17-7-9-29-10-8-17/h1-6,12-14,17H,7-11H2. The fraction of sp³-hybridized carbons (Fsp3) is 0.261. The highest BCUT2D eigenvalue weighted by molar-refractivity contribution is 6.29. The zero-order valence-corrected chi connectivity index (χ0v) is 16.6. The number of benzene rings is 2. The molecule has 0 amide bonds. The molecule has 0 atom stereocenters. The summed E-state index contributed by atoms with van der Waals surface area (Å²) in [6.45, 7) is 1.36. The van der Waals surface area contributed by atoms with Crippen LogP contribution in [0.5, 0.6) is 0 Å². The van der Waals surface area contributed by atoms with E-state index in [2.05, 4.69) is 11.1 Å². The molecule has 29 heavy (non-hydrogen) atoms. The van der Waals surface area contributed by atoms with Crippen molar-refractivity contribution < 1.29 is 4.74 Å². The van der Waals surface area contributed by atoms with Crippen LogP contribution in [0.3, 0.4) is 0 Å². The van der Waals surface area contributed by atoms with E-state index in [-0.39, 0.29) is 11.6 Å². The van der Waals surface area contributed by atoms with Gasteiger partial charge in [-0.1, -0.05) is 41.9 Å². The Hall–Kier alpha value is -2.76. The first-order valence-corrected chi connectivity index (χ1v) is 10.2. The smallest absolute Gasteiger partial charge is 0.261 e. The van der Waals surface area contributed by atoms with Gasteiger partial charge in [0.25, 0.3) is 5.56 Å². The van der Waals surface area contributed by atoms with Crippen molar-refractivity contribution in [3.63, 3.8) is 0 Å². The molecule has 146 valence electrons. The quantitative estimate of drug-likeness (QED) is 0.371. The van der Waals surface area contributed by atoms with E-state index in [1.807, 2.05) is 30.3 Å². The number of fused-ring (bicyclic) bond motifs is 3. The van der Waals surface area contributed by atoms with Crippen LogP contribution in [0.1, 0.15) is 30.0 Å². The highest BCUT2D eigenvalue weighted by atomic mass is 35.5. The molecule has 0 N–H and O–H groups in total. The van der Waals surface area contributed by atoms with Gasteiger partial charge in [0.05, 0.1) is 17.2 Å². The lowest BCUT2D eigenvalue weighted by atomic mass is 9.96. The van der Waals surface area contributed by atoms with Crippen LogP contribution in [0.25, 0.3) is 21.7 Å². The van der Waals surface area contributed by atoms with Crippen LogP contribution >= 0.6 is 11.6 Å². The number of hydrogen-bond acceptors (Lipinski definition) is 4. The highest BCUT2D eigenvalue weighted by Gasteiger charge is 2.19. The van der Waals surface area contributed by atoms with E-state index in [9.17, 15) is 4.79 Å². The molecule has 0 bridgehead atoms. The van der Waals surface area contributed by atoms with E-state index in [0.29, 0.717) is 30.2 Å². The van der Waals surface area contributed by atoms with Crippen molar-refractivity contribution in [2.24, 2.45) is 0 Å². The maximum atomic E-state index is 13.4. The third-order valence-corrected chi connectivity index (χ3v) is 5.87. The van der Waals surface area contributed by atoms with Crippen molar-refractivity contribution in [1.29, 1.82) is 0 Å². The fourth-order valence-electron chi connectivity index (χ4n) is 4.15. The van der Waals surface area contributed by atoms with Crippen LogP contribution in [0.4, 0.5) is 0 Å². The Morgan fingerprint density at radius 3 is 2.59 bits per heavy atom. The molecule has 2 aromatic carbocycles. The topological polar surface area (TPSA) is 57.0 Å². The minimum Gasteiger partial charge on any atom is -0.381 e. The van der Waals surface area contributed by atoms with Crippen LogP contribution in [0.2, 0.25) is 5.15 Å². The van der Waals surface area contributed by atoms with Gasteiger partial charge in [0.1, 0.15) is 5.15 Å². The number of halogens is 1. The van der Waals surface area contributed by atoms with Crippen molar-refractivity contribution in [3.8, 4) is 0 Å². The summed E-state index contributed by atoms with van der Waals surface area (Å²) in [6.07, 6.45) is 5.83. The molecule has 0 radical (unpaired) electrons. The SMILES string of the molecule is O=c1c2cc(Cc3ccc(Cl)nc3)c3ccccc3c2ncn1C1CCOCC1. The molecule has 2 aromatic heterocycles. The van der Waals surface area contributed by atoms with Crippen molar-refractivity contribution in [2.45, 2.75) is 25.3 Å². The monoisotopic (exact) mass is 405 g/mol. The summed E-state index contributed by atoms with van der Waals surface area (Å²) < 4.78 is 7.23. The highest BCUT2D eigenvalue weighted by Crippen LogP contribution is 2.28. The molecule has 1 fully saturated rings. The summed E-state index contributed by atoms with van der Waals surface area (Å²) >= 11 is 5.93. The average Bonchev–Trinajstić information content (AvgIpc) is 2.77. The summed E-state index contributed by atoms with van der Waals surface area (Å²) in [6, 6.07) is 14.0. The Bertz CT molecular complexity index is 1240. The van der Waals surface area contributed by atoms with E-state index < -0.39 is 0 Å². The molecule has 5 rings (SSSR count). The van der Waals surface area contributed by atoms with E-state index in [1.54, 1.807) is 23.2 Å². The van der Waals surface area contributed by atoms with Crippen molar-refractivity contribution in [1.82, 2.24) is 14.5 Å². The second kappa shape index (κ2) is 7.58. The predicted molar refractivity (Wildman–Crippen MR) is 115 cm³/mol. The van der Waals surface area contributed by atoms with Gasteiger partial charge < -0.3 is 4.74 Å². The van der Waals surface area contributed by atoms with E-state index in [1.165, 1.54) is 0 Å². The summed E-state index contributed by atoms with van der Waals surface area (Å²) in [5, 5.41) is 3.24. The minimum atomic E-state index is 0.0168. The number of rotatable bonds is 3. The van der Waals surface area contributed by atoms with E-state index in [0.717, 1.165) is 40.3 Å². The first-order valence-electron chi connectivity index (χ1n) is 9.80. The second-order valence-electron chi connectivity index (χ2n) is 7.44. The van der Waals surface area contributed by atoms with Crippen LogP contribution < -0.4 is 5.56 Å². The van der Waals surface area contributed by atoms with E-state index in [4.69, 9.17) is 21.3 Å². The predicted octanol–water partition coefficient (Wildman–Crippen LogP) is 4.54. The summed E-state index contributed by atoms with van der Waals surface area (Å²) in [7, 11) is 0. The van der Waals surface area contributed by atoms with Gasteiger partial charge in [-0.05, 0) is 47.9 Å². The first kappa shape index (κ1) is 18.3. The van der Waals surface area contributed by atoms with Gasteiger partial charge in [0.15, 0.2) is 0 Å². The lowest BCUT2D eigenvalue weighted by molar-refractivity contribution is 0.0685. The second-order valence-corrected chi connectivity index (χ2v) is 7.83. The largest absolute Gasteiger partial charge is 0.381 e. The number of nitrogens with zero attached hydrogens (tertiary/aromatic N) is 3. The Labute approximate surface area is 172 Å². The Kier molecular flexibility index (Phi) is 4.78. The van der Waals surface area contributed by atoms with Gasteiger partial charge in [-0.3, -0.25) is 9.36 Å². The maximum Gasteiger partial charge on any atom is 0.261 e. The Morgan fingerprint density at radius 1 is 1.03 bits per heavy atom. The maximum absolute atomic E-state index is 13.4. The molecule has 0 saturated carbocycles. The van der Waals surface area contributed by atoms with Gasteiger partial charge in [-0.15, -0.1) is 0 Å². The third kappa shape index (κ3) is 3.41. The zero-order chi connectivity index (χ0) is 19.8. The van der Waals surface area contributed by atoms with Crippen molar-refractivity contribution >= 4 is 33.3 Å². The van der Waals surface area contributed by atoms with Crippen LogP contribution in [0.15, 0.2) is 59.8 Å². The van der Waals surface area contributed by atoms with Crippen LogP contribution in [0, 0.1) is 0 Å². The van der Waals surface area contributed by atoms with Crippen LogP contribution in [-0.4, -0.2) is 27.7 Å². The molecule has 5 nitrogen and oxygen atoms in total. The lowest BCUT2D eigenvalue weighted by Crippen LogP contribution is -2.29. The molecule has 1 aliphatic heterocycles. The summed E-state index contributed by atoms with van der Waals surface area (Å²) in [5.41, 5.74) is 2.91. The Balaban J connectivity index is 1.69. The molecule has 0 unspecified atom stereocenters. The first-order chi connectivity index (χ1) is 14.2. The zero-order valence-electron chi connectivity index (χ0n) is 15.8. The summed E-state index contributed by atoms with van der Waals surface area (Å²) in [5.74, 6) is 0. The van der Waals surface area contributed by atoms with Crippen molar-refractivity contribution in [3.05, 3.63) is 81.6 Å². The van der Waals surface area contributed by atoms with Gasteiger partial charge in [0.2, 0.25) is 0 Å².